The van der Waals surface area contributed by atoms with Gasteiger partial charge in [0.15, 0.2) is 0 Å². The predicted octanol–water partition coefficient (Wildman–Crippen LogP) is 1.30. The molecular weight excluding hydrogens is 211 g/mol. The third kappa shape index (κ3) is 3.71. The van der Waals surface area contributed by atoms with Crippen molar-refractivity contribution < 1.29 is 21.2 Å². The maximum Gasteiger partial charge on any atom is 0.449 e. The Kier molecular flexibility index (Phi) is 3.84. The molecule has 6 heteroatoms. The second-order valence-electron chi connectivity index (χ2n) is 2.32. The summed E-state index contributed by atoms with van der Waals surface area (Å²) in [5.74, 6) is 0.131. The van der Waals surface area contributed by atoms with Gasteiger partial charge in [-0.3, -0.25) is 0 Å². The van der Waals surface area contributed by atoms with Crippen LogP contribution in [0.5, 0.6) is 5.75 Å². The van der Waals surface area contributed by atoms with E-state index in [1.54, 1.807) is 18.2 Å². The fourth-order valence-corrected chi connectivity index (χ4v) is 1.41. The highest BCUT2D eigenvalue weighted by Crippen LogP contribution is 2.11. The first-order chi connectivity index (χ1) is 6.64. The van der Waals surface area contributed by atoms with Crippen LogP contribution in [-0.4, -0.2) is 21.7 Å². The maximum absolute atomic E-state index is 11.6. The van der Waals surface area contributed by atoms with Crippen LogP contribution in [0.4, 0.5) is 4.39 Å². The average Bonchev–Trinajstić information content (AvgIpc) is 2.16. The van der Waals surface area contributed by atoms with Crippen molar-refractivity contribution >= 4 is 10.4 Å². The highest BCUT2D eigenvalue weighted by Gasteiger charge is 2.12. The van der Waals surface area contributed by atoms with Gasteiger partial charge < -0.3 is 4.18 Å². The van der Waals surface area contributed by atoms with E-state index in [9.17, 15) is 12.8 Å². The zero-order chi connectivity index (χ0) is 10.4. The summed E-state index contributed by atoms with van der Waals surface area (Å²) in [4.78, 5) is 0. The van der Waals surface area contributed by atoms with E-state index in [0.717, 1.165) is 0 Å². The summed E-state index contributed by atoms with van der Waals surface area (Å²) >= 11 is 0. The van der Waals surface area contributed by atoms with Gasteiger partial charge in [0.25, 0.3) is 0 Å². The SMILES string of the molecule is O=S(=O)(OCCF)Oc1ccccc1. The summed E-state index contributed by atoms with van der Waals surface area (Å²) in [5, 5.41) is 0. The van der Waals surface area contributed by atoms with E-state index in [2.05, 4.69) is 8.37 Å². The first kappa shape index (κ1) is 10.9. The Labute approximate surface area is 81.6 Å². The highest BCUT2D eigenvalue weighted by molar-refractivity contribution is 7.82. The van der Waals surface area contributed by atoms with E-state index in [-0.39, 0.29) is 5.75 Å². The minimum Gasteiger partial charge on any atom is -0.362 e. The zero-order valence-electron chi connectivity index (χ0n) is 7.22. The molecule has 4 nitrogen and oxygen atoms in total. The van der Waals surface area contributed by atoms with Crippen molar-refractivity contribution in [1.29, 1.82) is 0 Å². The fraction of sp³-hybridized carbons (Fsp3) is 0.250. The molecule has 0 aliphatic rings. The summed E-state index contributed by atoms with van der Waals surface area (Å²) in [6.07, 6.45) is 0. The van der Waals surface area contributed by atoms with Crippen molar-refractivity contribution in [2.45, 2.75) is 0 Å². The van der Waals surface area contributed by atoms with E-state index in [0.29, 0.717) is 0 Å². The summed E-state index contributed by atoms with van der Waals surface area (Å²) in [7, 11) is -4.14. The quantitative estimate of drug-likeness (QED) is 0.750. The molecule has 0 aliphatic heterocycles. The molecule has 1 rings (SSSR count). The molecule has 0 spiro atoms. The zero-order valence-corrected chi connectivity index (χ0v) is 8.04. The molecular formula is C8H9FO4S. The van der Waals surface area contributed by atoms with E-state index >= 15 is 0 Å². The molecule has 0 aliphatic carbocycles. The van der Waals surface area contributed by atoms with Crippen LogP contribution < -0.4 is 4.18 Å². The first-order valence-corrected chi connectivity index (χ1v) is 5.17. The van der Waals surface area contributed by atoms with Crippen LogP contribution >= 0.6 is 0 Å². The second-order valence-corrected chi connectivity index (χ2v) is 3.53. The summed E-state index contributed by atoms with van der Waals surface area (Å²) in [5.41, 5.74) is 0. The fourth-order valence-electron chi connectivity index (χ4n) is 0.752. The molecule has 78 valence electrons. The van der Waals surface area contributed by atoms with Crippen LogP contribution in [0.25, 0.3) is 0 Å². The Morgan fingerprint density at radius 2 is 1.86 bits per heavy atom. The Bertz CT molecular complexity index is 362. The van der Waals surface area contributed by atoms with Gasteiger partial charge in [0.2, 0.25) is 0 Å². The second kappa shape index (κ2) is 4.92. The number of hydrogen-bond acceptors (Lipinski definition) is 4. The van der Waals surface area contributed by atoms with Gasteiger partial charge in [0.1, 0.15) is 12.4 Å². The number of para-hydroxylation sites is 1. The van der Waals surface area contributed by atoms with Gasteiger partial charge in [-0.05, 0) is 12.1 Å². The smallest absolute Gasteiger partial charge is 0.362 e. The van der Waals surface area contributed by atoms with Gasteiger partial charge in [0, 0.05) is 0 Å². The van der Waals surface area contributed by atoms with Crippen molar-refractivity contribution in [3.05, 3.63) is 30.3 Å². The van der Waals surface area contributed by atoms with Crippen molar-refractivity contribution in [3.63, 3.8) is 0 Å². The van der Waals surface area contributed by atoms with Crippen LogP contribution in [0.3, 0.4) is 0 Å². The van der Waals surface area contributed by atoms with Crippen molar-refractivity contribution in [1.82, 2.24) is 0 Å². The molecule has 0 saturated heterocycles. The minimum absolute atomic E-state index is 0.131. The van der Waals surface area contributed by atoms with E-state index in [1.807, 2.05) is 0 Å². The van der Waals surface area contributed by atoms with Crippen LogP contribution in [-0.2, 0) is 14.6 Å². The third-order valence-electron chi connectivity index (χ3n) is 1.25. The molecule has 0 unspecified atom stereocenters. The number of halogens is 1. The van der Waals surface area contributed by atoms with Gasteiger partial charge in [-0.25, -0.2) is 8.57 Å². The van der Waals surface area contributed by atoms with Gasteiger partial charge in [-0.2, -0.15) is 8.42 Å². The van der Waals surface area contributed by atoms with Gasteiger partial charge in [-0.15, -0.1) is 0 Å². The molecule has 0 atom stereocenters. The number of hydrogen-bond donors (Lipinski definition) is 0. The third-order valence-corrected chi connectivity index (χ3v) is 2.10. The van der Waals surface area contributed by atoms with Crippen LogP contribution in [0, 0.1) is 0 Å². The molecule has 1 aromatic carbocycles. The minimum atomic E-state index is -4.14. The van der Waals surface area contributed by atoms with Crippen LogP contribution in [0.2, 0.25) is 0 Å². The Hall–Kier alpha value is -1.14. The van der Waals surface area contributed by atoms with E-state index < -0.39 is 23.7 Å². The number of alkyl halides is 1. The number of benzene rings is 1. The Morgan fingerprint density at radius 1 is 1.21 bits per heavy atom. The summed E-state index contributed by atoms with van der Waals surface area (Å²) < 4.78 is 42.2. The van der Waals surface area contributed by atoms with Gasteiger partial charge >= 0.3 is 10.4 Å². The largest absolute Gasteiger partial charge is 0.449 e. The lowest BCUT2D eigenvalue weighted by atomic mass is 10.3. The molecule has 0 aromatic heterocycles. The Balaban J connectivity index is 2.60. The molecule has 0 heterocycles. The molecule has 0 bridgehead atoms. The van der Waals surface area contributed by atoms with Crippen LogP contribution in [0.15, 0.2) is 30.3 Å². The Morgan fingerprint density at radius 3 is 2.43 bits per heavy atom. The lowest BCUT2D eigenvalue weighted by Gasteiger charge is -2.04. The van der Waals surface area contributed by atoms with Crippen molar-refractivity contribution in [2.75, 3.05) is 13.3 Å². The average molecular weight is 220 g/mol. The monoisotopic (exact) mass is 220 g/mol. The predicted molar refractivity (Wildman–Crippen MR) is 47.9 cm³/mol. The van der Waals surface area contributed by atoms with Gasteiger partial charge in [0.05, 0.1) is 6.61 Å². The number of rotatable bonds is 5. The highest BCUT2D eigenvalue weighted by atomic mass is 32.3. The molecule has 0 saturated carbocycles. The molecule has 1 aromatic rings. The summed E-state index contributed by atoms with van der Waals surface area (Å²) in [6.45, 7) is -1.41. The lowest BCUT2D eigenvalue weighted by Crippen LogP contribution is -2.14. The summed E-state index contributed by atoms with van der Waals surface area (Å²) in [6, 6.07) is 7.84. The molecule has 14 heavy (non-hydrogen) atoms. The molecule has 0 radical (unpaired) electrons. The molecule has 0 fully saturated rings. The first-order valence-electron chi connectivity index (χ1n) is 3.84. The van der Waals surface area contributed by atoms with Crippen LogP contribution in [0.1, 0.15) is 0 Å². The standard InChI is InChI=1S/C8H9FO4S/c9-6-7-12-14(10,11)13-8-4-2-1-3-5-8/h1-5H,6-7H2. The van der Waals surface area contributed by atoms with Crippen molar-refractivity contribution in [2.24, 2.45) is 0 Å². The maximum atomic E-state index is 11.6. The van der Waals surface area contributed by atoms with Gasteiger partial charge in [-0.1, -0.05) is 18.2 Å². The normalized spacial score (nSPS) is 11.2. The molecule has 0 N–H and O–H groups in total. The lowest BCUT2D eigenvalue weighted by molar-refractivity contribution is 0.245. The van der Waals surface area contributed by atoms with E-state index in [1.165, 1.54) is 12.1 Å². The molecule has 0 amide bonds. The van der Waals surface area contributed by atoms with E-state index in [4.69, 9.17) is 0 Å². The van der Waals surface area contributed by atoms with Crippen molar-refractivity contribution in [3.8, 4) is 5.75 Å². The topological polar surface area (TPSA) is 52.6 Å².